The third-order valence-corrected chi connectivity index (χ3v) is 6.47. The number of rotatable bonds is 2. The molecule has 0 saturated heterocycles. The van der Waals surface area contributed by atoms with Gasteiger partial charge in [-0.25, -0.2) is 0 Å². The zero-order chi connectivity index (χ0) is 24.2. The van der Waals surface area contributed by atoms with Crippen LogP contribution in [0.5, 0.6) is 0 Å². The largest absolute Gasteiger partial charge is 0.285 e. The summed E-state index contributed by atoms with van der Waals surface area (Å²) in [5.41, 5.74) is 9.73. The van der Waals surface area contributed by atoms with Crippen LogP contribution in [-0.2, 0) is 6.54 Å². The summed E-state index contributed by atoms with van der Waals surface area (Å²) >= 11 is 0. The number of aryl methyl sites for hydroxylation is 2. The molecule has 4 rings (SSSR count). The Morgan fingerprint density at radius 1 is 0.938 bits per heavy atom. The van der Waals surface area contributed by atoms with Crippen LogP contribution in [0.3, 0.4) is 0 Å². The minimum Gasteiger partial charge on any atom is -0.285 e. The first-order chi connectivity index (χ1) is 15.1. The zero-order valence-corrected chi connectivity index (χ0v) is 21.7. The maximum Gasteiger partial charge on any atom is 0.159 e. The van der Waals surface area contributed by atoms with E-state index < -0.39 is 0 Å². The van der Waals surface area contributed by atoms with Crippen molar-refractivity contribution in [1.29, 1.82) is 0 Å². The first kappa shape index (κ1) is 25.5. The molecule has 0 radical (unpaired) electrons. The van der Waals surface area contributed by atoms with Gasteiger partial charge in [0.25, 0.3) is 0 Å². The highest BCUT2D eigenvalue weighted by Gasteiger charge is 2.32. The second kappa shape index (κ2) is 10.7. The van der Waals surface area contributed by atoms with Gasteiger partial charge in [-0.05, 0) is 59.0 Å². The van der Waals surface area contributed by atoms with E-state index in [1.807, 2.05) is 20.8 Å². The fourth-order valence-electron chi connectivity index (χ4n) is 3.76. The molecule has 1 aliphatic heterocycles. The maximum atomic E-state index is 4.91. The summed E-state index contributed by atoms with van der Waals surface area (Å²) in [4.78, 5) is 4.91. The molecule has 4 nitrogen and oxygen atoms in total. The molecule has 0 amide bonds. The Morgan fingerprint density at radius 2 is 1.47 bits per heavy atom. The second-order valence-corrected chi connectivity index (χ2v) is 8.77. The predicted octanol–water partition coefficient (Wildman–Crippen LogP) is 7.34. The van der Waals surface area contributed by atoms with E-state index in [1.54, 1.807) is 0 Å². The average molecular weight is 433 g/mol. The van der Waals surface area contributed by atoms with E-state index in [9.17, 15) is 0 Å². The first-order valence-electron chi connectivity index (χ1n) is 11.7. The second-order valence-electron chi connectivity index (χ2n) is 8.77. The number of fused-ring (bicyclic) bond motifs is 1. The van der Waals surface area contributed by atoms with Crippen molar-refractivity contribution in [2.24, 2.45) is 16.8 Å². The average Bonchev–Trinajstić information content (AvgIpc) is 3.16. The molecule has 2 aliphatic rings. The smallest absolute Gasteiger partial charge is 0.159 e. The molecule has 2 aromatic rings. The number of nitrogens with zero attached hydrogens (tertiary/aromatic N) is 4. The van der Waals surface area contributed by atoms with E-state index in [2.05, 4.69) is 94.1 Å². The molecular formula is C28H40N4. The van der Waals surface area contributed by atoms with Crippen LogP contribution >= 0.6 is 0 Å². The minimum absolute atomic E-state index is 0.543. The van der Waals surface area contributed by atoms with Gasteiger partial charge >= 0.3 is 0 Å². The highest BCUT2D eigenvalue weighted by Crippen LogP contribution is 2.42. The van der Waals surface area contributed by atoms with Crippen molar-refractivity contribution in [2.75, 3.05) is 0 Å². The lowest BCUT2D eigenvalue weighted by Crippen LogP contribution is -2.11. The van der Waals surface area contributed by atoms with Gasteiger partial charge < -0.3 is 0 Å². The summed E-state index contributed by atoms with van der Waals surface area (Å²) in [6.45, 7) is 25.5. The highest BCUT2D eigenvalue weighted by atomic mass is 15.3. The van der Waals surface area contributed by atoms with Gasteiger partial charge in [-0.2, -0.15) is 0 Å². The molecule has 1 saturated carbocycles. The van der Waals surface area contributed by atoms with E-state index in [1.165, 1.54) is 27.9 Å². The molecular weight excluding hydrogens is 392 g/mol. The quantitative estimate of drug-likeness (QED) is 0.466. The summed E-state index contributed by atoms with van der Waals surface area (Å²) < 4.78 is 2.13. The van der Waals surface area contributed by atoms with Crippen LogP contribution in [-0.4, -0.2) is 20.5 Å². The molecule has 2 unspecified atom stereocenters. The zero-order valence-electron chi connectivity index (χ0n) is 21.7. The summed E-state index contributed by atoms with van der Waals surface area (Å²) in [5.74, 6) is 3.45. The molecule has 1 aromatic carbocycles. The van der Waals surface area contributed by atoms with E-state index >= 15 is 0 Å². The topological polar surface area (TPSA) is 43.1 Å². The van der Waals surface area contributed by atoms with E-state index in [0.29, 0.717) is 6.54 Å². The van der Waals surface area contributed by atoms with Crippen LogP contribution in [0.25, 0.3) is 5.70 Å². The lowest BCUT2D eigenvalue weighted by Gasteiger charge is -2.17. The number of aliphatic imine (C=N–C) groups is 1. The van der Waals surface area contributed by atoms with Gasteiger partial charge in [-0.1, -0.05) is 75.2 Å². The molecule has 2 heterocycles. The maximum absolute atomic E-state index is 4.91. The van der Waals surface area contributed by atoms with Crippen molar-refractivity contribution in [3.8, 4) is 0 Å². The van der Waals surface area contributed by atoms with Crippen molar-refractivity contribution in [3.63, 3.8) is 0 Å². The van der Waals surface area contributed by atoms with Gasteiger partial charge in [0.1, 0.15) is 12.4 Å². The number of benzene rings is 1. The summed E-state index contributed by atoms with van der Waals surface area (Å²) in [6.07, 6.45) is 0. The molecule has 0 bridgehead atoms. The van der Waals surface area contributed by atoms with E-state index in [4.69, 9.17) is 4.99 Å². The fourth-order valence-corrected chi connectivity index (χ4v) is 3.76. The van der Waals surface area contributed by atoms with Crippen LogP contribution < -0.4 is 0 Å². The SMILES string of the molecule is C=C1C(C)C1C.CC.CC(C)=C(C)C1=C(C)n2c(C)nnc2CN=C1c1ccc(C)cc1. The van der Waals surface area contributed by atoms with Gasteiger partial charge in [0.05, 0.1) is 5.71 Å². The molecule has 172 valence electrons. The van der Waals surface area contributed by atoms with Crippen LogP contribution in [0.4, 0.5) is 0 Å². The normalized spacial score (nSPS) is 18.9. The highest BCUT2D eigenvalue weighted by molar-refractivity contribution is 6.18. The summed E-state index contributed by atoms with van der Waals surface area (Å²) in [7, 11) is 0. The Morgan fingerprint density at radius 3 is 1.94 bits per heavy atom. The Kier molecular flexibility index (Phi) is 8.54. The van der Waals surface area contributed by atoms with Crippen LogP contribution in [0, 0.1) is 25.7 Å². The van der Waals surface area contributed by atoms with Crippen LogP contribution in [0.2, 0.25) is 0 Å². The Balaban J connectivity index is 0.000000387. The molecule has 0 spiro atoms. The Labute approximate surface area is 194 Å². The number of hydrogen-bond donors (Lipinski definition) is 0. The molecule has 0 N–H and O–H groups in total. The standard InChI is InChI=1S/C20H24N4.C6H10.C2H6/c1-12(2)14(4)19-15(5)24-16(6)22-23-18(24)11-21-20(19)17-9-7-13(3)8-10-17;1-4-5(2)6(4)3;1-2/h7-10H,11H2,1-6H3;5-6H,1H2,2-3H3;1-2H3. The number of allylic oxidation sites excluding steroid dienone is 5. The minimum atomic E-state index is 0.543. The summed E-state index contributed by atoms with van der Waals surface area (Å²) in [5, 5.41) is 8.54. The van der Waals surface area contributed by atoms with Crippen LogP contribution in [0.15, 0.2) is 58.1 Å². The molecule has 32 heavy (non-hydrogen) atoms. The van der Waals surface area contributed by atoms with E-state index in [0.717, 1.165) is 40.5 Å². The van der Waals surface area contributed by atoms with Gasteiger partial charge in [0.2, 0.25) is 0 Å². The molecule has 2 atom stereocenters. The van der Waals surface area contributed by atoms with Gasteiger partial charge in [0.15, 0.2) is 5.82 Å². The Bertz CT molecular complexity index is 1050. The number of hydrogen-bond acceptors (Lipinski definition) is 3. The van der Waals surface area contributed by atoms with Gasteiger partial charge in [-0.3, -0.25) is 9.56 Å². The van der Waals surface area contributed by atoms with Crippen molar-refractivity contribution in [3.05, 3.63) is 75.9 Å². The molecule has 1 aromatic heterocycles. The first-order valence-corrected chi connectivity index (χ1v) is 11.7. The van der Waals surface area contributed by atoms with Crippen molar-refractivity contribution >= 4 is 11.4 Å². The summed E-state index contributed by atoms with van der Waals surface area (Å²) in [6, 6.07) is 8.58. The molecule has 1 aliphatic carbocycles. The fraction of sp³-hybridized carbons (Fsp3) is 0.464. The Hall–Kier alpha value is -2.75. The molecule has 4 heteroatoms. The van der Waals surface area contributed by atoms with E-state index in [-0.39, 0.29) is 0 Å². The van der Waals surface area contributed by atoms with Crippen molar-refractivity contribution in [2.45, 2.75) is 75.8 Å². The lowest BCUT2D eigenvalue weighted by atomic mass is 9.92. The lowest BCUT2D eigenvalue weighted by molar-refractivity contribution is 0.834. The molecule has 1 fully saturated rings. The van der Waals surface area contributed by atoms with Gasteiger partial charge in [0, 0.05) is 16.8 Å². The van der Waals surface area contributed by atoms with Gasteiger partial charge in [-0.15, -0.1) is 10.2 Å². The third-order valence-electron chi connectivity index (χ3n) is 6.47. The van der Waals surface area contributed by atoms with Crippen LogP contribution in [0.1, 0.15) is 78.2 Å². The van der Waals surface area contributed by atoms with Crippen molar-refractivity contribution in [1.82, 2.24) is 14.8 Å². The van der Waals surface area contributed by atoms with Crippen molar-refractivity contribution < 1.29 is 0 Å². The predicted molar refractivity (Wildman–Crippen MR) is 138 cm³/mol. The number of aromatic nitrogens is 3. The monoisotopic (exact) mass is 432 g/mol. The third kappa shape index (κ3) is 5.35.